The fourth-order valence-electron chi connectivity index (χ4n) is 3.35. The van der Waals surface area contributed by atoms with E-state index < -0.39 is 0 Å². The molecule has 0 aliphatic heterocycles. The third-order valence-electron chi connectivity index (χ3n) is 5.16. The molecule has 29 heavy (non-hydrogen) atoms. The summed E-state index contributed by atoms with van der Waals surface area (Å²) in [5.41, 5.74) is 6.13. The maximum absolute atomic E-state index is 12.6. The number of nitrogens with one attached hydrogen (secondary N) is 3. The molecule has 2 aromatic heterocycles. The number of fused-ring (bicyclic) bond motifs is 1. The number of aromatic nitrogens is 2. The monoisotopic (exact) mass is 384 g/mol. The van der Waals surface area contributed by atoms with E-state index in [-0.39, 0.29) is 5.91 Å². The van der Waals surface area contributed by atoms with Crippen molar-refractivity contribution in [3.05, 3.63) is 89.2 Å². The zero-order valence-electron chi connectivity index (χ0n) is 16.6. The minimum atomic E-state index is -0.143. The maximum Gasteiger partial charge on any atom is 0.255 e. The Morgan fingerprint density at radius 1 is 1.03 bits per heavy atom. The van der Waals surface area contributed by atoms with Crippen LogP contribution in [0.5, 0.6) is 0 Å². The molecule has 146 valence electrons. The molecule has 1 amide bonds. The van der Waals surface area contributed by atoms with E-state index in [0.29, 0.717) is 11.4 Å². The maximum atomic E-state index is 12.6. The Hall–Kier alpha value is -3.60. The number of carbonyl (C=O) groups excluding carboxylic acids is 1. The standard InChI is InChI=1S/C24H24N4O/c1-16-7-8-20(13-17(16)2)28-24(29)18-9-11-25-23(14-18)26-12-10-19-15-27-22-6-4-3-5-21(19)22/h3-9,11,13-15,27H,10,12H2,1-2H3,(H,25,26)(H,28,29). The molecule has 2 aromatic carbocycles. The first-order valence-electron chi connectivity index (χ1n) is 9.74. The van der Waals surface area contributed by atoms with Crippen LogP contribution in [0.4, 0.5) is 11.5 Å². The number of rotatable bonds is 6. The van der Waals surface area contributed by atoms with Crippen LogP contribution in [0.1, 0.15) is 27.0 Å². The molecular formula is C24H24N4O. The van der Waals surface area contributed by atoms with Crippen molar-refractivity contribution in [1.82, 2.24) is 9.97 Å². The quantitative estimate of drug-likeness (QED) is 0.434. The molecule has 2 heterocycles. The van der Waals surface area contributed by atoms with Crippen LogP contribution in [0.3, 0.4) is 0 Å². The molecule has 0 aliphatic carbocycles. The summed E-state index contributed by atoms with van der Waals surface area (Å²) in [5, 5.41) is 7.51. The number of amides is 1. The average Bonchev–Trinajstić information content (AvgIpc) is 3.14. The van der Waals surface area contributed by atoms with Gasteiger partial charge >= 0.3 is 0 Å². The normalized spacial score (nSPS) is 10.8. The molecular weight excluding hydrogens is 360 g/mol. The van der Waals surface area contributed by atoms with Crippen molar-refractivity contribution >= 4 is 28.3 Å². The second kappa shape index (κ2) is 8.19. The van der Waals surface area contributed by atoms with Crippen molar-refractivity contribution in [2.75, 3.05) is 17.2 Å². The number of anilines is 2. The lowest BCUT2D eigenvalue weighted by Gasteiger charge is -2.09. The van der Waals surface area contributed by atoms with Gasteiger partial charge in [0.1, 0.15) is 5.82 Å². The van der Waals surface area contributed by atoms with Crippen LogP contribution in [-0.4, -0.2) is 22.4 Å². The van der Waals surface area contributed by atoms with Crippen molar-refractivity contribution in [1.29, 1.82) is 0 Å². The summed E-state index contributed by atoms with van der Waals surface area (Å²) in [7, 11) is 0. The van der Waals surface area contributed by atoms with Crippen molar-refractivity contribution in [3.8, 4) is 0 Å². The van der Waals surface area contributed by atoms with Crippen molar-refractivity contribution in [2.24, 2.45) is 0 Å². The number of pyridine rings is 1. The Kier molecular flexibility index (Phi) is 5.29. The van der Waals surface area contributed by atoms with Crippen LogP contribution >= 0.6 is 0 Å². The molecule has 4 rings (SSSR count). The largest absolute Gasteiger partial charge is 0.370 e. The zero-order valence-corrected chi connectivity index (χ0v) is 16.6. The number of nitrogens with zero attached hydrogens (tertiary/aromatic N) is 1. The van der Waals surface area contributed by atoms with Crippen molar-refractivity contribution < 1.29 is 4.79 Å². The number of aromatic amines is 1. The summed E-state index contributed by atoms with van der Waals surface area (Å²) in [6.07, 6.45) is 4.57. The van der Waals surface area contributed by atoms with Crippen LogP contribution in [0.2, 0.25) is 0 Å². The van der Waals surface area contributed by atoms with Gasteiger partial charge < -0.3 is 15.6 Å². The molecule has 5 nitrogen and oxygen atoms in total. The molecule has 0 unspecified atom stereocenters. The molecule has 0 saturated carbocycles. The number of H-pyrrole nitrogens is 1. The molecule has 0 bridgehead atoms. The van der Waals surface area contributed by atoms with Gasteiger partial charge in [0.25, 0.3) is 5.91 Å². The van der Waals surface area contributed by atoms with E-state index in [1.807, 2.05) is 43.5 Å². The first kappa shape index (κ1) is 18.7. The number of benzene rings is 2. The van der Waals surface area contributed by atoms with E-state index in [0.717, 1.165) is 29.7 Å². The molecule has 0 fully saturated rings. The first-order chi connectivity index (χ1) is 14.1. The van der Waals surface area contributed by atoms with Gasteiger partial charge in [0.15, 0.2) is 0 Å². The number of carbonyl (C=O) groups is 1. The summed E-state index contributed by atoms with van der Waals surface area (Å²) in [6.45, 7) is 4.82. The molecule has 0 radical (unpaired) electrons. The Balaban J connectivity index is 1.39. The summed E-state index contributed by atoms with van der Waals surface area (Å²) >= 11 is 0. The second-order valence-corrected chi connectivity index (χ2v) is 7.22. The van der Waals surface area contributed by atoms with E-state index in [2.05, 4.69) is 39.7 Å². The molecule has 4 aromatic rings. The van der Waals surface area contributed by atoms with E-state index in [4.69, 9.17) is 0 Å². The first-order valence-corrected chi connectivity index (χ1v) is 9.74. The van der Waals surface area contributed by atoms with Crippen LogP contribution in [-0.2, 0) is 6.42 Å². The van der Waals surface area contributed by atoms with Crippen molar-refractivity contribution in [2.45, 2.75) is 20.3 Å². The Labute approximate surface area is 170 Å². The van der Waals surface area contributed by atoms with E-state index >= 15 is 0 Å². The number of hydrogen-bond donors (Lipinski definition) is 3. The smallest absolute Gasteiger partial charge is 0.255 e. The highest BCUT2D eigenvalue weighted by Gasteiger charge is 2.09. The third-order valence-corrected chi connectivity index (χ3v) is 5.16. The minimum Gasteiger partial charge on any atom is -0.370 e. The van der Waals surface area contributed by atoms with E-state index in [1.165, 1.54) is 16.5 Å². The van der Waals surface area contributed by atoms with Crippen LogP contribution in [0, 0.1) is 13.8 Å². The summed E-state index contributed by atoms with van der Waals surface area (Å²) < 4.78 is 0. The minimum absolute atomic E-state index is 0.143. The van der Waals surface area contributed by atoms with Gasteiger partial charge in [-0.25, -0.2) is 4.98 Å². The van der Waals surface area contributed by atoms with Crippen LogP contribution in [0.15, 0.2) is 67.0 Å². The second-order valence-electron chi connectivity index (χ2n) is 7.22. The lowest BCUT2D eigenvalue weighted by molar-refractivity contribution is 0.102. The summed E-state index contributed by atoms with van der Waals surface area (Å²) in [5.74, 6) is 0.549. The van der Waals surface area contributed by atoms with Crippen LogP contribution < -0.4 is 10.6 Å². The van der Waals surface area contributed by atoms with Gasteiger partial charge in [0.2, 0.25) is 0 Å². The summed E-state index contributed by atoms with van der Waals surface area (Å²) in [6, 6.07) is 17.7. The van der Waals surface area contributed by atoms with E-state index in [9.17, 15) is 4.79 Å². The Morgan fingerprint density at radius 2 is 1.90 bits per heavy atom. The molecule has 0 atom stereocenters. The topological polar surface area (TPSA) is 69.8 Å². The van der Waals surface area contributed by atoms with Crippen molar-refractivity contribution in [3.63, 3.8) is 0 Å². The lowest BCUT2D eigenvalue weighted by atomic mass is 10.1. The number of aryl methyl sites for hydroxylation is 2. The fraction of sp³-hybridized carbons (Fsp3) is 0.167. The predicted molar refractivity (Wildman–Crippen MR) is 119 cm³/mol. The lowest BCUT2D eigenvalue weighted by Crippen LogP contribution is -2.13. The average molecular weight is 384 g/mol. The summed E-state index contributed by atoms with van der Waals surface area (Å²) in [4.78, 5) is 20.2. The van der Waals surface area contributed by atoms with Gasteiger partial charge in [0.05, 0.1) is 0 Å². The van der Waals surface area contributed by atoms with E-state index in [1.54, 1.807) is 18.3 Å². The van der Waals surface area contributed by atoms with Gasteiger partial charge in [-0.1, -0.05) is 24.3 Å². The van der Waals surface area contributed by atoms with Gasteiger partial charge in [-0.3, -0.25) is 4.79 Å². The molecule has 0 spiro atoms. The van der Waals surface area contributed by atoms with Crippen LogP contribution in [0.25, 0.3) is 10.9 Å². The number of hydrogen-bond acceptors (Lipinski definition) is 3. The van der Waals surface area contributed by atoms with Gasteiger partial charge in [-0.2, -0.15) is 0 Å². The third kappa shape index (κ3) is 4.29. The Morgan fingerprint density at radius 3 is 2.76 bits per heavy atom. The highest BCUT2D eigenvalue weighted by molar-refractivity contribution is 6.04. The highest BCUT2D eigenvalue weighted by atomic mass is 16.1. The Bertz CT molecular complexity index is 1160. The molecule has 5 heteroatoms. The van der Waals surface area contributed by atoms with Gasteiger partial charge in [-0.15, -0.1) is 0 Å². The highest BCUT2D eigenvalue weighted by Crippen LogP contribution is 2.19. The van der Waals surface area contributed by atoms with Gasteiger partial charge in [-0.05, 0) is 67.3 Å². The van der Waals surface area contributed by atoms with Gasteiger partial charge in [0, 0.05) is 41.1 Å². The predicted octanol–water partition coefficient (Wildman–Crippen LogP) is 5.09. The number of para-hydroxylation sites is 1. The SMILES string of the molecule is Cc1ccc(NC(=O)c2ccnc(NCCc3c[nH]c4ccccc34)c2)cc1C. The molecule has 0 aliphatic rings. The zero-order chi connectivity index (χ0) is 20.2. The molecule has 3 N–H and O–H groups in total. The molecule has 0 saturated heterocycles. The fourth-order valence-corrected chi connectivity index (χ4v) is 3.35.